The first kappa shape index (κ1) is 10.3. The Morgan fingerprint density at radius 1 is 1.25 bits per heavy atom. The number of piperazine rings is 1. The minimum absolute atomic E-state index is 0.0644. The Labute approximate surface area is 95.0 Å². The summed E-state index contributed by atoms with van der Waals surface area (Å²) in [7, 11) is 2.09. The molecule has 2 bridgehead atoms. The summed E-state index contributed by atoms with van der Waals surface area (Å²) in [6.07, 6.45) is 0.824. The number of rotatable bonds is 0. The summed E-state index contributed by atoms with van der Waals surface area (Å²) in [5.41, 5.74) is 0. The number of likely N-dealkylation sites (N-methyl/N-ethyl adjacent to an activating group) is 1. The fraction of sp³-hybridized carbons (Fsp3) is 0.909. The standard InChI is InChI=1S/C11H18FN3O/c1-13-6-9-4-10(7-13)15(9)11(16)14-3-2-8(12)5-14/h8-10H,2-7H2,1H3. The molecule has 4 fully saturated rings. The van der Waals surface area contributed by atoms with Gasteiger partial charge in [0.25, 0.3) is 0 Å². The third-order valence-electron chi connectivity index (χ3n) is 4.00. The van der Waals surface area contributed by atoms with Crippen molar-refractivity contribution in [3.63, 3.8) is 0 Å². The van der Waals surface area contributed by atoms with Gasteiger partial charge in [0.05, 0.1) is 6.54 Å². The van der Waals surface area contributed by atoms with Crippen LogP contribution in [0.5, 0.6) is 0 Å². The molecule has 0 aromatic carbocycles. The molecular weight excluding hydrogens is 209 g/mol. The van der Waals surface area contributed by atoms with Gasteiger partial charge in [0.2, 0.25) is 0 Å². The molecule has 90 valence electrons. The van der Waals surface area contributed by atoms with Crippen LogP contribution in [0.4, 0.5) is 9.18 Å². The predicted octanol–water partition coefficient (Wildman–Crippen LogP) is 0.538. The van der Waals surface area contributed by atoms with Crippen LogP contribution in [0.15, 0.2) is 0 Å². The number of halogens is 1. The highest BCUT2D eigenvalue weighted by Gasteiger charge is 2.48. The van der Waals surface area contributed by atoms with Crippen LogP contribution in [0.25, 0.3) is 0 Å². The van der Waals surface area contributed by atoms with E-state index in [1.54, 1.807) is 4.90 Å². The molecule has 3 unspecified atom stereocenters. The molecule has 4 heterocycles. The fourth-order valence-electron chi connectivity index (χ4n) is 3.19. The molecule has 5 heteroatoms. The quantitative estimate of drug-likeness (QED) is 0.604. The lowest BCUT2D eigenvalue weighted by molar-refractivity contribution is -0.0359. The number of carbonyl (C=O) groups excluding carboxylic acids is 1. The second-order valence-corrected chi connectivity index (χ2v) is 5.29. The maximum absolute atomic E-state index is 13.1. The topological polar surface area (TPSA) is 26.8 Å². The van der Waals surface area contributed by atoms with Crippen molar-refractivity contribution >= 4 is 6.03 Å². The third-order valence-corrected chi connectivity index (χ3v) is 4.00. The van der Waals surface area contributed by atoms with Gasteiger partial charge >= 0.3 is 6.03 Å². The molecule has 2 amide bonds. The van der Waals surface area contributed by atoms with Gasteiger partial charge < -0.3 is 14.7 Å². The average Bonchev–Trinajstić information content (AvgIpc) is 2.64. The Balaban J connectivity index is 1.64. The van der Waals surface area contributed by atoms with Crippen molar-refractivity contribution in [2.75, 3.05) is 33.2 Å². The Morgan fingerprint density at radius 2 is 1.94 bits per heavy atom. The molecule has 0 aliphatic carbocycles. The maximum atomic E-state index is 13.1. The Bertz CT molecular complexity index is 300. The van der Waals surface area contributed by atoms with E-state index in [4.69, 9.17) is 0 Å². The van der Waals surface area contributed by atoms with Gasteiger partial charge in [0.1, 0.15) is 6.17 Å². The van der Waals surface area contributed by atoms with Gasteiger partial charge in [-0.25, -0.2) is 9.18 Å². The Hall–Kier alpha value is -0.840. The van der Waals surface area contributed by atoms with Gasteiger partial charge in [0.15, 0.2) is 0 Å². The van der Waals surface area contributed by atoms with Crippen molar-refractivity contribution in [2.45, 2.75) is 31.1 Å². The van der Waals surface area contributed by atoms with E-state index in [1.807, 2.05) is 4.90 Å². The van der Waals surface area contributed by atoms with E-state index in [0.29, 0.717) is 31.6 Å². The van der Waals surface area contributed by atoms with Gasteiger partial charge in [-0.05, 0) is 19.9 Å². The lowest BCUT2D eigenvalue weighted by Gasteiger charge is -2.56. The highest BCUT2D eigenvalue weighted by molar-refractivity contribution is 5.76. The van der Waals surface area contributed by atoms with Crippen molar-refractivity contribution in [3.05, 3.63) is 0 Å². The number of alkyl halides is 1. The number of hydrogen-bond acceptors (Lipinski definition) is 2. The molecule has 4 saturated heterocycles. The second kappa shape index (κ2) is 3.58. The molecule has 0 aromatic heterocycles. The molecular formula is C11H18FN3O. The number of hydrogen-bond donors (Lipinski definition) is 0. The van der Waals surface area contributed by atoms with E-state index in [1.165, 1.54) is 0 Å². The molecule has 4 nitrogen and oxygen atoms in total. The fourth-order valence-corrected chi connectivity index (χ4v) is 3.19. The first-order chi connectivity index (χ1) is 7.65. The van der Waals surface area contributed by atoms with Gasteiger partial charge in [0, 0.05) is 31.7 Å². The number of amides is 2. The first-order valence-corrected chi connectivity index (χ1v) is 6.05. The van der Waals surface area contributed by atoms with E-state index in [9.17, 15) is 9.18 Å². The number of likely N-dealkylation sites (tertiary alicyclic amines) is 1. The monoisotopic (exact) mass is 227 g/mol. The zero-order valence-electron chi connectivity index (χ0n) is 9.60. The van der Waals surface area contributed by atoms with Crippen molar-refractivity contribution in [3.8, 4) is 0 Å². The SMILES string of the molecule is CN1CC2CC(C1)N2C(=O)N1CCC(F)C1. The van der Waals surface area contributed by atoms with Crippen molar-refractivity contribution in [1.82, 2.24) is 14.7 Å². The first-order valence-electron chi connectivity index (χ1n) is 6.05. The lowest BCUT2D eigenvalue weighted by Crippen LogP contribution is -2.71. The predicted molar refractivity (Wildman–Crippen MR) is 58.0 cm³/mol. The van der Waals surface area contributed by atoms with Crippen LogP contribution in [0.1, 0.15) is 12.8 Å². The van der Waals surface area contributed by atoms with Crippen LogP contribution >= 0.6 is 0 Å². The molecule has 0 aromatic rings. The van der Waals surface area contributed by atoms with Crippen molar-refractivity contribution < 1.29 is 9.18 Å². The molecule has 0 spiro atoms. The molecule has 0 N–H and O–H groups in total. The van der Waals surface area contributed by atoms with Crippen LogP contribution in [0.2, 0.25) is 0 Å². The van der Waals surface area contributed by atoms with Crippen LogP contribution < -0.4 is 0 Å². The highest BCUT2D eigenvalue weighted by atomic mass is 19.1. The highest BCUT2D eigenvalue weighted by Crippen LogP contribution is 2.33. The van der Waals surface area contributed by atoms with E-state index in [2.05, 4.69) is 11.9 Å². The van der Waals surface area contributed by atoms with E-state index < -0.39 is 6.17 Å². The Kier molecular flexibility index (Phi) is 2.31. The summed E-state index contributed by atoms with van der Waals surface area (Å²) in [5.74, 6) is 0. The van der Waals surface area contributed by atoms with E-state index >= 15 is 0 Å². The summed E-state index contributed by atoms with van der Waals surface area (Å²) in [5, 5.41) is 0. The second-order valence-electron chi connectivity index (χ2n) is 5.29. The van der Waals surface area contributed by atoms with Crippen LogP contribution in [-0.2, 0) is 0 Å². The normalized spacial score (nSPS) is 38.8. The third kappa shape index (κ3) is 1.49. The maximum Gasteiger partial charge on any atom is 0.320 e. The van der Waals surface area contributed by atoms with Gasteiger partial charge in [-0.1, -0.05) is 0 Å². The largest absolute Gasteiger partial charge is 0.322 e. The van der Waals surface area contributed by atoms with E-state index in [-0.39, 0.29) is 6.03 Å². The number of carbonyl (C=O) groups is 1. The molecule has 3 atom stereocenters. The summed E-state index contributed by atoms with van der Waals surface area (Å²) in [6, 6.07) is 0.805. The minimum atomic E-state index is -0.812. The number of fused-ring (bicyclic) bond motifs is 2. The van der Waals surface area contributed by atoms with Crippen molar-refractivity contribution in [2.24, 2.45) is 0 Å². The molecule has 16 heavy (non-hydrogen) atoms. The Morgan fingerprint density at radius 3 is 2.50 bits per heavy atom. The van der Waals surface area contributed by atoms with Crippen LogP contribution in [0.3, 0.4) is 0 Å². The number of urea groups is 1. The zero-order valence-corrected chi connectivity index (χ0v) is 9.60. The molecule has 0 radical (unpaired) electrons. The minimum Gasteiger partial charge on any atom is -0.322 e. The van der Waals surface area contributed by atoms with Gasteiger partial charge in [-0.2, -0.15) is 0 Å². The summed E-state index contributed by atoms with van der Waals surface area (Å²) in [6.45, 7) is 2.82. The number of piperidine rings is 1. The van der Waals surface area contributed by atoms with Crippen molar-refractivity contribution in [1.29, 1.82) is 0 Å². The van der Waals surface area contributed by atoms with Crippen LogP contribution in [0, 0.1) is 0 Å². The summed E-state index contributed by atoms with van der Waals surface area (Å²) in [4.78, 5) is 18.1. The van der Waals surface area contributed by atoms with Crippen LogP contribution in [-0.4, -0.2) is 72.2 Å². The summed E-state index contributed by atoms with van der Waals surface area (Å²) < 4.78 is 13.1. The van der Waals surface area contributed by atoms with Gasteiger partial charge in [-0.15, -0.1) is 0 Å². The van der Waals surface area contributed by atoms with E-state index in [0.717, 1.165) is 19.5 Å². The number of nitrogens with zero attached hydrogens (tertiary/aromatic N) is 3. The summed E-state index contributed by atoms with van der Waals surface area (Å²) >= 11 is 0. The smallest absolute Gasteiger partial charge is 0.320 e. The zero-order chi connectivity index (χ0) is 11.3. The average molecular weight is 227 g/mol. The van der Waals surface area contributed by atoms with Gasteiger partial charge in [-0.3, -0.25) is 0 Å². The molecule has 0 saturated carbocycles. The molecule has 4 aliphatic heterocycles. The molecule has 4 aliphatic rings. The molecule has 4 rings (SSSR count). The lowest BCUT2D eigenvalue weighted by atomic mass is 9.88.